The van der Waals surface area contributed by atoms with Crippen molar-refractivity contribution in [3.8, 4) is 0 Å². The van der Waals surface area contributed by atoms with Gasteiger partial charge in [-0.3, -0.25) is 10.1 Å². The number of anilines is 1. The summed E-state index contributed by atoms with van der Waals surface area (Å²) in [4.78, 5) is 12.6. The predicted molar refractivity (Wildman–Crippen MR) is 86.6 cm³/mol. The lowest BCUT2D eigenvalue weighted by Crippen LogP contribution is -2.44. The fourth-order valence-electron chi connectivity index (χ4n) is 4.84. The average molecular weight is 372 g/mol. The number of rotatable bonds is 3. The highest BCUT2D eigenvalue weighted by Gasteiger charge is 2.62. The van der Waals surface area contributed by atoms with Gasteiger partial charge in [-0.1, -0.05) is 24.4 Å². The summed E-state index contributed by atoms with van der Waals surface area (Å²) in [6.07, 6.45) is 0.323. The molecular weight excluding hydrogens is 349 g/mol. The Balaban J connectivity index is 1.50. The van der Waals surface area contributed by atoms with Gasteiger partial charge in [0.2, 0.25) is 11.8 Å². The van der Waals surface area contributed by atoms with E-state index in [0.29, 0.717) is 18.8 Å². The molecule has 4 rings (SSSR count). The minimum atomic E-state index is -4.45. The summed E-state index contributed by atoms with van der Waals surface area (Å²) < 4.78 is 50.9. The molecule has 1 aliphatic carbocycles. The van der Waals surface area contributed by atoms with E-state index in [1.807, 2.05) is 0 Å². The summed E-state index contributed by atoms with van der Waals surface area (Å²) >= 11 is 0. The molecule has 3 heterocycles. The molecule has 2 aliphatic heterocycles. The smallest absolute Gasteiger partial charge is 0.373 e. The molecule has 0 spiro atoms. The predicted octanol–water partition coefficient (Wildman–Crippen LogP) is 4.33. The van der Waals surface area contributed by atoms with E-state index in [0.717, 1.165) is 36.9 Å². The molecule has 1 saturated carbocycles. The van der Waals surface area contributed by atoms with E-state index < -0.39 is 36.1 Å². The van der Waals surface area contributed by atoms with Crippen LogP contribution < -0.4 is 5.32 Å². The van der Waals surface area contributed by atoms with Gasteiger partial charge in [0.25, 0.3) is 0 Å². The number of aromatic nitrogens is 1. The van der Waals surface area contributed by atoms with Gasteiger partial charge in [-0.15, -0.1) is 0 Å². The number of carbonyl (C=O) groups is 1. The molecule has 5 nitrogen and oxygen atoms in total. The molecule has 1 N–H and O–H groups in total. The monoisotopic (exact) mass is 372 g/mol. The quantitative estimate of drug-likeness (QED) is 0.858. The lowest BCUT2D eigenvalue weighted by Gasteiger charge is -2.28. The molecule has 1 amide bonds. The van der Waals surface area contributed by atoms with E-state index in [4.69, 9.17) is 9.26 Å². The lowest BCUT2D eigenvalue weighted by molar-refractivity contribution is -0.196. The number of fused-ring (bicyclic) bond motifs is 2. The third-order valence-electron chi connectivity index (χ3n) is 6.14. The normalized spacial score (nSPS) is 32.2. The molecule has 3 aliphatic rings. The molecule has 2 bridgehead atoms. The van der Waals surface area contributed by atoms with Gasteiger partial charge in [0, 0.05) is 11.5 Å². The fraction of sp³-hybridized carbons (Fsp3) is 0.778. The molecule has 0 unspecified atom stereocenters. The average Bonchev–Trinajstić information content (AvgIpc) is 3.30. The molecule has 0 aromatic carbocycles. The molecule has 144 valence electrons. The van der Waals surface area contributed by atoms with Gasteiger partial charge in [-0.25, -0.2) is 0 Å². The number of hydrogen-bond acceptors (Lipinski definition) is 4. The molecule has 1 aromatic rings. The molecule has 8 heteroatoms. The summed E-state index contributed by atoms with van der Waals surface area (Å²) in [6.45, 7) is 1.80. The standard InChI is InChI=1S/C18H23F3N2O3/c1-9-15(10-5-3-2-4-6-10)23-26-17(9)22-16(24)13-11-7-8-12(25-11)14(13)18(19,20)21/h10-14H,2-8H2,1H3,(H,22,24)/t11-,12-,13+,14+/m1/s1. The highest BCUT2D eigenvalue weighted by Crippen LogP contribution is 2.51. The zero-order valence-corrected chi connectivity index (χ0v) is 14.6. The van der Waals surface area contributed by atoms with Crippen molar-refractivity contribution >= 4 is 11.8 Å². The van der Waals surface area contributed by atoms with Crippen LogP contribution in [0.15, 0.2) is 4.52 Å². The SMILES string of the molecule is Cc1c(C2CCCCC2)noc1NC(=O)[C@@H]1[C@@H](C(F)(F)F)[C@H]2CC[C@H]1O2. The number of nitrogens with zero attached hydrogens (tertiary/aromatic N) is 1. The lowest BCUT2D eigenvalue weighted by atomic mass is 9.78. The van der Waals surface area contributed by atoms with Crippen LogP contribution in [-0.2, 0) is 9.53 Å². The van der Waals surface area contributed by atoms with Crippen LogP contribution in [0.25, 0.3) is 0 Å². The Labute approximate surface area is 149 Å². The molecule has 0 radical (unpaired) electrons. The summed E-state index contributed by atoms with van der Waals surface area (Å²) in [5.41, 5.74) is 1.54. The second kappa shape index (κ2) is 6.55. The maximum absolute atomic E-state index is 13.4. The van der Waals surface area contributed by atoms with Crippen molar-refractivity contribution in [3.63, 3.8) is 0 Å². The summed E-state index contributed by atoms with van der Waals surface area (Å²) in [7, 11) is 0. The Morgan fingerprint density at radius 1 is 1.12 bits per heavy atom. The number of amides is 1. The zero-order valence-electron chi connectivity index (χ0n) is 14.6. The van der Waals surface area contributed by atoms with Crippen LogP contribution >= 0.6 is 0 Å². The second-order valence-corrected chi connectivity index (χ2v) is 7.73. The van der Waals surface area contributed by atoms with Crippen LogP contribution in [0.5, 0.6) is 0 Å². The Hall–Kier alpha value is -1.57. The molecule has 2 saturated heterocycles. The van der Waals surface area contributed by atoms with Crippen molar-refractivity contribution < 1.29 is 27.2 Å². The summed E-state index contributed by atoms with van der Waals surface area (Å²) in [5, 5.41) is 6.64. The number of alkyl halides is 3. The molecule has 1 aromatic heterocycles. The van der Waals surface area contributed by atoms with Crippen LogP contribution in [0, 0.1) is 18.8 Å². The van der Waals surface area contributed by atoms with E-state index in [-0.39, 0.29) is 5.88 Å². The van der Waals surface area contributed by atoms with Gasteiger partial charge in [-0.2, -0.15) is 13.2 Å². The minimum absolute atomic E-state index is 0.166. The second-order valence-electron chi connectivity index (χ2n) is 7.73. The fourth-order valence-corrected chi connectivity index (χ4v) is 4.84. The van der Waals surface area contributed by atoms with Gasteiger partial charge in [0.1, 0.15) is 0 Å². The number of carbonyl (C=O) groups excluding carboxylic acids is 1. The molecule has 3 fully saturated rings. The van der Waals surface area contributed by atoms with Crippen molar-refractivity contribution in [3.05, 3.63) is 11.3 Å². The van der Waals surface area contributed by atoms with Crippen molar-refractivity contribution in [2.75, 3.05) is 5.32 Å². The first kappa shape index (κ1) is 17.8. The van der Waals surface area contributed by atoms with Gasteiger partial charge < -0.3 is 9.26 Å². The molecular formula is C18H23F3N2O3. The number of nitrogens with one attached hydrogen (secondary N) is 1. The van der Waals surface area contributed by atoms with Crippen molar-refractivity contribution in [1.82, 2.24) is 5.16 Å². The first-order valence-corrected chi connectivity index (χ1v) is 9.35. The Bertz CT molecular complexity index is 682. The van der Waals surface area contributed by atoms with Gasteiger partial charge in [0.05, 0.1) is 29.7 Å². The van der Waals surface area contributed by atoms with Crippen LogP contribution in [0.2, 0.25) is 0 Å². The van der Waals surface area contributed by atoms with E-state index in [1.54, 1.807) is 6.92 Å². The number of hydrogen-bond donors (Lipinski definition) is 1. The Morgan fingerprint density at radius 2 is 1.81 bits per heavy atom. The Morgan fingerprint density at radius 3 is 2.50 bits per heavy atom. The summed E-state index contributed by atoms with van der Waals surface area (Å²) in [5.74, 6) is -3.20. The highest BCUT2D eigenvalue weighted by molar-refractivity contribution is 5.93. The third kappa shape index (κ3) is 3.02. The van der Waals surface area contributed by atoms with E-state index in [9.17, 15) is 18.0 Å². The van der Waals surface area contributed by atoms with E-state index in [1.165, 1.54) is 6.42 Å². The van der Waals surface area contributed by atoms with Crippen LogP contribution in [0.4, 0.5) is 19.1 Å². The van der Waals surface area contributed by atoms with Crippen LogP contribution in [0.1, 0.15) is 62.1 Å². The van der Waals surface area contributed by atoms with Crippen LogP contribution in [0.3, 0.4) is 0 Å². The largest absolute Gasteiger partial charge is 0.395 e. The topological polar surface area (TPSA) is 64.4 Å². The summed E-state index contributed by atoms with van der Waals surface area (Å²) in [6, 6.07) is 0. The van der Waals surface area contributed by atoms with Crippen LogP contribution in [-0.4, -0.2) is 29.4 Å². The van der Waals surface area contributed by atoms with Crippen molar-refractivity contribution in [2.45, 2.75) is 76.2 Å². The highest BCUT2D eigenvalue weighted by atomic mass is 19.4. The van der Waals surface area contributed by atoms with Gasteiger partial charge >= 0.3 is 6.18 Å². The Kier molecular flexibility index (Phi) is 4.49. The maximum Gasteiger partial charge on any atom is 0.395 e. The number of halogens is 3. The van der Waals surface area contributed by atoms with Crippen molar-refractivity contribution in [2.24, 2.45) is 11.8 Å². The third-order valence-corrected chi connectivity index (χ3v) is 6.14. The molecule has 4 atom stereocenters. The molecule has 26 heavy (non-hydrogen) atoms. The van der Waals surface area contributed by atoms with E-state index >= 15 is 0 Å². The number of ether oxygens (including phenoxy) is 1. The minimum Gasteiger partial charge on any atom is -0.373 e. The first-order valence-electron chi connectivity index (χ1n) is 9.35. The van der Waals surface area contributed by atoms with Crippen molar-refractivity contribution in [1.29, 1.82) is 0 Å². The van der Waals surface area contributed by atoms with Gasteiger partial charge in [0.15, 0.2) is 0 Å². The van der Waals surface area contributed by atoms with E-state index in [2.05, 4.69) is 10.5 Å². The maximum atomic E-state index is 13.4. The zero-order chi connectivity index (χ0) is 18.5. The van der Waals surface area contributed by atoms with Gasteiger partial charge in [-0.05, 0) is 32.6 Å². The first-order chi connectivity index (χ1) is 12.4.